The second-order valence-electron chi connectivity index (χ2n) is 7.10. The van der Waals surface area contributed by atoms with E-state index < -0.39 is 27.8 Å². The number of ether oxygens (including phenoxy) is 1. The minimum atomic E-state index is -3.57. The number of anilines is 1. The summed E-state index contributed by atoms with van der Waals surface area (Å²) in [5, 5.41) is 2.86. The first-order valence-corrected chi connectivity index (χ1v) is 12.6. The summed E-state index contributed by atoms with van der Waals surface area (Å²) in [6, 6.07) is 2.97. The van der Waals surface area contributed by atoms with Crippen LogP contribution in [0.15, 0.2) is 32.7 Å². The Labute approximate surface area is 195 Å². The lowest BCUT2D eigenvalue weighted by atomic mass is 10.1. The smallest absolute Gasteiger partial charge is 0.342 e. The van der Waals surface area contributed by atoms with Gasteiger partial charge >= 0.3 is 5.97 Å². The number of nitrogens with one attached hydrogen (secondary N) is 1. The Kier molecular flexibility index (Phi) is 7.76. The fourth-order valence-electron chi connectivity index (χ4n) is 3.30. The van der Waals surface area contributed by atoms with Gasteiger partial charge in [0.15, 0.2) is 0 Å². The van der Waals surface area contributed by atoms with Crippen molar-refractivity contribution in [2.24, 2.45) is 5.73 Å². The molecule has 3 heterocycles. The van der Waals surface area contributed by atoms with Gasteiger partial charge in [-0.05, 0) is 38.8 Å². The standard InChI is InChI=1S/C20H24N4O7S2/c1-3-30-20(27)16-12(2)31-19(17(16)18(21)26)23-14(25)11-32-15-7-6-13(10-22-15)33(28,29)24-8-4-5-9-24/h6-7,10H,3-5,8-9,11H2,1-2H3,(H2,21,26)(H,23,25). The molecule has 0 radical (unpaired) electrons. The number of pyridine rings is 1. The number of furan rings is 1. The van der Waals surface area contributed by atoms with Crippen LogP contribution in [0.3, 0.4) is 0 Å². The zero-order valence-electron chi connectivity index (χ0n) is 18.1. The minimum Gasteiger partial charge on any atom is -0.462 e. The van der Waals surface area contributed by atoms with Gasteiger partial charge in [0.2, 0.25) is 21.8 Å². The SMILES string of the molecule is CCOC(=O)c1c(C)oc(NC(=O)CSc2ccc(S(=O)(=O)N3CCCC3)cn2)c1C(N)=O. The van der Waals surface area contributed by atoms with E-state index in [2.05, 4.69) is 10.3 Å². The van der Waals surface area contributed by atoms with E-state index in [9.17, 15) is 22.8 Å². The molecule has 2 aromatic heterocycles. The van der Waals surface area contributed by atoms with Gasteiger partial charge in [-0.15, -0.1) is 0 Å². The molecule has 0 spiro atoms. The number of hydrogen-bond donors (Lipinski definition) is 2. The van der Waals surface area contributed by atoms with Crippen molar-refractivity contribution in [2.45, 2.75) is 36.6 Å². The first kappa shape index (κ1) is 24.7. The van der Waals surface area contributed by atoms with Crippen LogP contribution in [0, 0.1) is 6.92 Å². The summed E-state index contributed by atoms with van der Waals surface area (Å²) in [4.78, 5) is 40.6. The molecule has 13 heteroatoms. The van der Waals surface area contributed by atoms with Gasteiger partial charge in [0.25, 0.3) is 5.91 Å². The highest BCUT2D eigenvalue weighted by atomic mass is 32.2. The average molecular weight is 497 g/mol. The van der Waals surface area contributed by atoms with Crippen molar-refractivity contribution in [1.29, 1.82) is 0 Å². The van der Waals surface area contributed by atoms with Crippen molar-refractivity contribution in [3.63, 3.8) is 0 Å². The second-order valence-corrected chi connectivity index (χ2v) is 10.0. The molecule has 1 fully saturated rings. The molecule has 2 amide bonds. The number of esters is 1. The molecule has 11 nitrogen and oxygen atoms in total. The van der Waals surface area contributed by atoms with E-state index in [0.29, 0.717) is 18.1 Å². The largest absolute Gasteiger partial charge is 0.462 e. The highest BCUT2D eigenvalue weighted by molar-refractivity contribution is 7.99. The van der Waals surface area contributed by atoms with Gasteiger partial charge in [0.05, 0.1) is 17.4 Å². The van der Waals surface area contributed by atoms with Crippen LogP contribution >= 0.6 is 11.8 Å². The fraction of sp³-hybridized carbons (Fsp3) is 0.400. The van der Waals surface area contributed by atoms with Gasteiger partial charge in [-0.2, -0.15) is 4.31 Å². The molecule has 0 unspecified atom stereocenters. The summed E-state index contributed by atoms with van der Waals surface area (Å²) in [5.74, 6) is -2.54. The number of aromatic nitrogens is 1. The fourth-order valence-corrected chi connectivity index (χ4v) is 5.41. The van der Waals surface area contributed by atoms with Gasteiger partial charge in [0, 0.05) is 19.3 Å². The number of carbonyl (C=O) groups is 3. The maximum absolute atomic E-state index is 12.6. The lowest BCUT2D eigenvalue weighted by Gasteiger charge is -2.15. The molecular formula is C20H24N4O7S2. The average Bonchev–Trinajstić information content (AvgIpc) is 3.41. The third kappa shape index (κ3) is 5.54. The predicted molar refractivity (Wildman–Crippen MR) is 120 cm³/mol. The van der Waals surface area contributed by atoms with E-state index >= 15 is 0 Å². The molecular weight excluding hydrogens is 472 g/mol. The van der Waals surface area contributed by atoms with Crippen LogP contribution in [0.5, 0.6) is 0 Å². The second kappa shape index (κ2) is 10.4. The number of rotatable bonds is 9. The van der Waals surface area contributed by atoms with E-state index in [0.717, 1.165) is 24.6 Å². The number of hydrogen-bond acceptors (Lipinski definition) is 9. The summed E-state index contributed by atoms with van der Waals surface area (Å²) in [6.07, 6.45) is 2.94. The maximum Gasteiger partial charge on any atom is 0.342 e. The lowest BCUT2D eigenvalue weighted by Crippen LogP contribution is -2.27. The monoisotopic (exact) mass is 496 g/mol. The minimum absolute atomic E-state index is 0.0849. The van der Waals surface area contributed by atoms with Crippen molar-refractivity contribution < 1.29 is 32.0 Å². The van der Waals surface area contributed by atoms with E-state index in [-0.39, 0.29) is 40.0 Å². The lowest BCUT2D eigenvalue weighted by molar-refractivity contribution is -0.113. The van der Waals surface area contributed by atoms with Crippen LogP contribution in [0.4, 0.5) is 5.88 Å². The highest BCUT2D eigenvalue weighted by Crippen LogP contribution is 2.28. The first-order valence-electron chi connectivity index (χ1n) is 10.1. The number of primary amides is 1. The maximum atomic E-state index is 12.6. The summed E-state index contributed by atoms with van der Waals surface area (Å²) in [7, 11) is -3.57. The van der Waals surface area contributed by atoms with E-state index in [1.54, 1.807) is 6.92 Å². The van der Waals surface area contributed by atoms with Crippen LogP contribution in [0.1, 0.15) is 46.2 Å². The Morgan fingerprint density at radius 3 is 2.52 bits per heavy atom. The Balaban J connectivity index is 1.66. The predicted octanol–water partition coefficient (Wildman–Crippen LogP) is 1.77. The van der Waals surface area contributed by atoms with Crippen molar-refractivity contribution in [1.82, 2.24) is 9.29 Å². The number of carbonyl (C=O) groups excluding carboxylic acids is 3. The molecule has 0 atom stereocenters. The van der Waals surface area contributed by atoms with Crippen molar-refractivity contribution in [2.75, 3.05) is 30.8 Å². The third-order valence-electron chi connectivity index (χ3n) is 4.83. The Hall–Kier alpha value is -2.90. The summed E-state index contributed by atoms with van der Waals surface area (Å²) < 4.78 is 36.8. The van der Waals surface area contributed by atoms with E-state index in [1.165, 1.54) is 29.6 Å². The number of nitrogens with zero attached hydrogens (tertiary/aromatic N) is 2. The molecule has 1 saturated heterocycles. The summed E-state index contributed by atoms with van der Waals surface area (Å²) >= 11 is 1.06. The Bertz CT molecular complexity index is 1150. The molecule has 0 saturated carbocycles. The van der Waals surface area contributed by atoms with Gasteiger partial charge < -0.3 is 14.9 Å². The molecule has 3 rings (SSSR count). The molecule has 3 N–H and O–H groups in total. The molecule has 0 aromatic carbocycles. The van der Waals surface area contributed by atoms with Gasteiger partial charge in [-0.1, -0.05) is 11.8 Å². The van der Waals surface area contributed by atoms with Crippen LogP contribution in [-0.4, -0.2) is 60.9 Å². The van der Waals surface area contributed by atoms with Gasteiger partial charge in [0.1, 0.15) is 21.8 Å². The van der Waals surface area contributed by atoms with Gasteiger partial charge in [-0.3, -0.25) is 14.9 Å². The number of aryl methyl sites for hydroxylation is 1. The molecule has 1 aliphatic heterocycles. The zero-order valence-corrected chi connectivity index (χ0v) is 19.8. The number of amides is 2. The zero-order chi connectivity index (χ0) is 24.2. The Morgan fingerprint density at radius 2 is 1.94 bits per heavy atom. The first-order chi connectivity index (χ1) is 15.6. The van der Waals surface area contributed by atoms with Crippen LogP contribution in [-0.2, 0) is 19.6 Å². The van der Waals surface area contributed by atoms with Gasteiger partial charge in [-0.25, -0.2) is 18.2 Å². The van der Waals surface area contributed by atoms with Crippen LogP contribution in [0.25, 0.3) is 0 Å². The normalized spacial score (nSPS) is 14.2. The topological polar surface area (TPSA) is 162 Å². The molecule has 33 heavy (non-hydrogen) atoms. The highest BCUT2D eigenvalue weighted by Gasteiger charge is 2.29. The van der Waals surface area contributed by atoms with E-state index in [4.69, 9.17) is 14.9 Å². The summed E-state index contributed by atoms with van der Waals surface area (Å²) in [6.45, 7) is 4.14. The number of nitrogens with two attached hydrogens (primary N) is 1. The van der Waals surface area contributed by atoms with E-state index in [1.807, 2.05) is 0 Å². The summed E-state index contributed by atoms with van der Waals surface area (Å²) in [5.41, 5.74) is 4.97. The van der Waals surface area contributed by atoms with Crippen LogP contribution in [0.2, 0.25) is 0 Å². The Morgan fingerprint density at radius 1 is 1.24 bits per heavy atom. The molecule has 0 aliphatic carbocycles. The van der Waals surface area contributed by atoms with Crippen LogP contribution < -0.4 is 11.1 Å². The quantitative estimate of drug-likeness (QED) is 0.389. The van der Waals surface area contributed by atoms with Crippen molar-refractivity contribution >= 4 is 45.5 Å². The molecule has 178 valence electrons. The molecule has 0 bridgehead atoms. The molecule has 1 aliphatic rings. The number of sulfonamides is 1. The molecule has 2 aromatic rings. The van der Waals surface area contributed by atoms with Crippen molar-refractivity contribution in [3.8, 4) is 0 Å². The third-order valence-corrected chi connectivity index (χ3v) is 7.65. The number of thioether (sulfide) groups is 1. The van der Waals surface area contributed by atoms with Crippen molar-refractivity contribution in [3.05, 3.63) is 35.2 Å².